The Kier molecular flexibility index (Phi) is 6.90. The van der Waals surface area contributed by atoms with Crippen molar-refractivity contribution in [3.8, 4) is 0 Å². The average molecular weight is 356 g/mol. The van der Waals surface area contributed by atoms with Crippen molar-refractivity contribution in [2.75, 3.05) is 24.4 Å². The first-order valence-corrected chi connectivity index (χ1v) is 9.13. The van der Waals surface area contributed by atoms with Crippen molar-refractivity contribution >= 4 is 33.3 Å². The summed E-state index contributed by atoms with van der Waals surface area (Å²) in [6.45, 7) is 1.23. The number of esters is 1. The number of hydrogen-bond acceptors (Lipinski definition) is 6. The fourth-order valence-electron chi connectivity index (χ4n) is 1.95. The minimum absolute atomic E-state index is 0.0787. The molecule has 1 aromatic rings. The number of carbonyl (C=O) groups is 3. The van der Waals surface area contributed by atoms with E-state index >= 15 is 0 Å². The maximum absolute atomic E-state index is 12.4. The van der Waals surface area contributed by atoms with Gasteiger partial charge >= 0.3 is 5.97 Å². The summed E-state index contributed by atoms with van der Waals surface area (Å²) in [5, 5.41) is 4.92. The summed E-state index contributed by atoms with van der Waals surface area (Å²) in [5.74, 6) is -1.97. The molecular weight excluding hydrogens is 336 g/mol. The second-order valence-electron chi connectivity index (χ2n) is 5.20. The molecule has 0 aliphatic carbocycles. The number of hydrogen-bond donors (Lipinski definition) is 2. The highest BCUT2D eigenvalue weighted by atomic mass is 32.2. The van der Waals surface area contributed by atoms with E-state index < -0.39 is 33.7 Å². The third-order valence-electron chi connectivity index (χ3n) is 3.06. The van der Waals surface area contributed by atoms with Gasteiger partial charge in [-0.1, -0.05) is 12.1 Å². The van der Waals surface area contributed by atoms with Crippen LogP contribution in [-0.4, -0.2) is 51.4 Å². The molecule has 0 spiro atoms. The van der Waals surface area contributed by atoms with Crippen molar-refractivity contribution in [1.29, 1.82) is 0 Å². The number of ether oxygens (including phenoxy) is 1. The van der Waals surface area contributed by atoms with Crippen molar-refractivity contribution in [2.24, 2.45) is 0 Å². The number of methoxy groups -OCH3 is 1. The van der Waals surface area contributed by atoms with E-state index in [9.17, 15) is 22.8 Å². The molecule has 0 unspecified atom stereocenters. The van der Waals surface area contributed by atoms with Crippen LogP contribution in [-0.2, 0) is 24.2 Å². The molecule has 2 N–H and O–H groups in total. The fourth-order valence-corrected chi connectivity index (χ4v) is 2.61. The SMILES string of the molecule is COC(=O)c1ccccc1NC(=O)[C@H](CCS(C)(=O)=O)NC(C)=O. The molecule has 8 nitrogen and oxygen atoms in total. The highest BCUT2D eigenvalue weighted by Crippen LogP contribution is 2.16. The number of para-hydroxylation sites is 1. The first-order chi connectivity index (χ1) is 11.1. The number of sulfone groups is 1. The fraction of sp³-hybridized carbons (Fsp3) is 0.400. The van der Waals surface area contributed by atoms with Crippen molar-refractivity contribution < 1.29 is 27.5 Å². The lowest BCUT2D eigenvalue weighted by molar-refractivity contribution is -0.125. The number of rotatable bonds is 7. The standard InChI is InChI=1S/C15H20N2O6S/c1-10(18)16-13(8-9-24(3,21)22)14(19)17-12-7-5-4-6-11(12)15(20)23-2/h4-7,13H,8-9H2,1-3H3,(H,16,18)(H,17,19)/t13-/m0/s1. The van der Waals surface area contributed by atoms with Gasteiger partial charge in [0, 0.05) is 13.2 Å². The van der Waals surface area contributed by atoms with Gasteiger partial charge in [-0.25, -0.2) is 13.2 Å². The summed E-state index contributed by atoms with van der Waals surface area (Å²) in [6, 6.07) is 5.17. The van der Waals surface area contributed by atoms with E-state index in [1.54, 1.807) is 12.1 Å². The average Bonchev–Trinajstić information content (AvgIpc) is 2.49. The quantitative estimate of drug-likeness (QED) is 0.681. The highest BCUT2D eigenvalue weighted by Gasteiger charge is 2.23. The number of carbonyl (C=O) groups excluding carboxylic acids is 3. The van der Waals surface area contributed by atoms with Crippen LogP contribution in [0.5, 0.6) is 0 Å². The molecule has 0 aliphatic rings. The zero-order valence-electron chi connectivity index (χ0n) is 13.7. The normalized spacial score (nSPS) is 12.1. The van der Waals surface area contributed by atoms with Crippen LogP contribution in [0, 0.1) is 0 Å². The van der Waals surface area contributed by atoms with E-state index in [-0.39, 0.29) is 23.4 Å². The highest BCUT2D eigenvalue weighted by molar-refractivity contribution is 7.90. The molecule has 0 fully saturated rings. The lowest BCUT2D eigenvalue weighted by Crippen LogP contribution is -2.44. The molecule has 1 atom stereocenters. The molecule has 9 heteroatoms. The maximum atomic E-state index is 12.4. The largest absolute Gasteiger partial charge is 0.465 e. The summed E-state index contributed by atoms with van der Waals surface area (Å²) < 4.78 is 27.2. The molecule has 0 saturated heterocycles. The lowest BCUT2D eigenvalue weighted by Gasteiger charge is -2.18. The van der Waals surface area contributed by atoms with E-state index in [1.807, 2.05) is 0 Å². The van der Waals surface area contributed by atoms with Gasteiger partial charge in [0.1, 0.15) is 15.9 Å². The van der Waals surface area contributed by atoms with E-state index in [4.69, 9.17) is 0 Å². The first-order valence-electron chi connectivity index (χ1n) is 7.07. The molecule has 0 heterocycles. The Hall–Kier alpha value is -2.42. The second kappa shape index (κ2) is 8.44. The van der Waals surface area contributed by atoms with Gasteiger partial charge < -0.3 is 15.4 Å². The van der Waals surface area contributed by atoms with Gasteiger partial charge in [-0.05, 0) is 18.6 Å². The summed E-state index contributed by atoms with van der Waals surface area (Å²) in [6.07, 6.45) is 0.965. The van der Waals surface area contributed by atoms with Crippen LogP contribution in [0.3, 0.4) is 0 Å². The summed E-state index contributed by atoms with van der Waals surface area (Å²) in [7, 11) is -2.08. The second-order valence-corrected chi connectivity index (χ2v) is 7.46. The molecular formula is C15H20N2O6S. The van der Waals surface area contributed by atoms with Crippen LogP contribution in [0.4, 0.5) is 5.69 Å². The number of nitrogens with one attached hydrogen (secondary N) is 2. The van der Waals surface area contributed by atoms with Crippen LogP contribution in [0.25, 0.3) is 0 Å². The molecule has 0 aromatic heterocycles. The van der Waals surface area contributed by atoms with Crippen LogP contribution in [0.15, 0.2) is 24.3 Å². The zero-order chi connectivity index (χ0) is 18.3. The Bertz CT molecular complexity index is 729. The maximum Gasteiger partial charge on any atom is 0.339 e. The van der Waals surface area contributed by atoms with Gasteiger partial charge in [0.25, 0.3) is 0 Å². The predicted octanol–water partition coefficient (Wildman–Crippen LogP) is 0.351. The molecule has 2 amide bonds. The van der Waals surface area contributed by atoms with Gasteiger partial charge in [0.15, 0.2) is 0 Å². The number of benzene rings is 1. The molecule has 0 bridgehead atoms. The molecule has 1 aromatic carbocycles. The van der Waals surface area contributed by atoms with Gasteiger partial charge in [-0.15, -0.1) is 0 Å². The third kappa shape index (κ3) is 6.37. The Morgan fingerprint density at radius 1 is 1.21 bits per heavy atom. The Morgan fingerprint density at radius 2 is 1.83 bits per heavy atom. The van der Waals surface area contributed by atoms with Crippen LogP contribution in [0.1, 0.15) is 23.7 Å². The van der Waals surface area contributed by atoms with Gasteiger partial charge in [0.05, 0.1) is 24.1 Å². The summed E-state index contributed by atoms with van der Waals surface area (Å²) >= 11 is 0. The molecule has 24 heavy (non-hydrogen) atoms. The molecule has 0 saturated carbocycles. The van der Waals surface area contributed by atoms with E-state index in [1.165, 1.54) is 26.2 Å². The molecule has 0 radical (unpaired) electrons. The van der Waals surface area contributed by atoms with E-state index in [2.05, 4.69) is 15.4 Å². The lowest BCUT2D eigenvalue weighted by atomic mass is 10.1. The van der Waals surface area contributed by atoms with Crippen LogP contribution in [0.2, 0.25) is 0 Å². The zero-order valence-corrected chi connectivity index (χ0v) is 14.5. The first kappa shape index (κ1) is 19.6. The Morgan fingerprint density at radius 3 is 2.38 bits per heavy atom. The minimum atomic E-state index is -3.29. The summed E-state index contributed by atoms with van der Waals surface area (Å²) in [4.78, 5) is 35.3. The summed E-state index contributed by atoms with van der Waals surface area (Å²) in [5.41, 5.74) is 0.363. The van der Waals surface area contributed by atoms with E-state index in [0.717, 1.165) is 6.26 Å². The Labute approximate surface area is 140 Å². The van der Waals surface area contributed by atoms with Crippen LogP contribution < -0.4 is 10.6 Å². The van der Waals surface area contributed by atoms with Gasteiger partial charge in [0.2, 0.25) is 11.8 Å². The predicted molar refractivity (Wildman–Crippen MR) is 88.3 cm³/mol. The van der Waals surface area contributed by atoms with Crippen LogP contribution >= 0.6 is 0 Å². The van der Waals surface area contributed by atoms with Crippen molar-refractivity contribution in [1.82, 2.24) is 5.32 Å². The van der Waals surface area contributed by atoms with Crippen molar-refractivity contribution in [3.05, 3.63) is 29.8 Å². The number of anilines is 1. The van der Waals surface area contributed by atoms with E-state index in [0.29, 0.717) is 0 Å². The Balaban J connectivity index is 2.96. The monoisotopic (exact) mass is 356 g/mol. The number of amides is 2. The third-order valence-corrected chi connectivity index (χ3v) is 4.04. The molecule has 1 rings (SSSR count). The van der Waals surface area contributed by atoms with Gasteiger partial charge in [-0.3, -0.25) is 9.59 Å². The topological polar surface area (TPSA) is 119 Å². The van der Waals surface area contributed by atoms with Gasteiger partial charge in [-0.2, -0.15) is 0 Å². The smallest absolute Gasteiger partial charge is 0.339 e. The van der Waals surface area contributed by atoms with Crippen molar-refractivity contribution in [3.63, 3.8) is 0 Å². The molecule has 132 valence electrons. The minimum Gasteiger partial charge on any atom is -0.465 e. The molecule has 0 aliphatic heterocycles. The van der Waals surface area contributed by atoms with Crippen molar-refractivity contribution in [2.45, 2.75) is 19.4 Å².